The lowest BCUT2D eigenvalue weighted by Gasteiger charge is -2.14. The fourth-order valence-electron chi connectivity index (χ4n) is 3.31. The molecule has 0 atom stereocenters. The lowest BCUT2D eigenvalue weighted by atomic mass is 10.1. The van der Waals surface area contributed by atoms with Crippen molar-refractivity contribution < 1.29 is 23.4 Å². The summed E-state index contributed by atoms with van der Waals surface area (Å²) < 4.78 is 22.4. The molecule has 0 aliphatic heterocycles. The standard InChI is InChI=1S/C25H20ClNO6/c1-30-20-10-8-15(12-21(20)31-2)24-25(23(29)18-13-16(26)9-11-19(18)33-24)32-14-22(28)27-17-6-4-3-5-7-17/h3-13H,14H2,1-2H3,(H,27,28). The Bertz CT molecular complexity index is 1370. The molecule has 0 saturated heterocycles. The number of anilines is 1. The lowest BCUT2D eigenvalue weighted by molar-refractivity contribution is -0.118. The topological polar surface area (TPSA) is 87.0 Å². The molecule has 4 rings (SSSR count). The van der Waals surface area contributed by atoms with Crippen LogP contribution in [0, 0.1) is 0 Å². The SMILES string of the molecule is COc1ccc(-c2oc3ccc(Cl)cc3c(=O)c2OCC(=O)Nc2ccccc2)cc1OC. The Balaban J connectivity index is 1.75. The Kier molecular flexibility index (Phi) is 6.51. The maximum absolute atomic E-state index is 13.3. The van der Waals surface area contributed by atoms with Crippen LogP contribution in [0.2, 0.25) is 5.02 Å². The Morgan fingerprint density at radius 3 is 2.45 bits per heavy atom. The quantitative estimate of drug-likeness (QED) is 0.406. The molecular weight excluding hydrogens is 446 g/mol. The number of amides is 1. The number of benzene rings is 3. The molecule has 1 aromatic heterocycles. The van der Waals surface area contributed by atoms with Gasteiger partial charge >= 0.3 is 0 Å². The van der Waals surface area contributed by atoms with Crippen LogP contribution in [0.25, 0.3) is 22.3 Å². The number of halogens is 1. The van der Waals surface area contributed by atoms with E-state index in [1.165, 1.54) is 20.3 Å². The van der Waals surface area contributed by atoms with Crippen molar-refractivity contribution in [1.29, 1.82) is 0 Å². The monoisotopic (exact) mass is 465 g/mol. The molecular formula is C25H20ClNO6. The van der Waals surface area contributed by atoms with Crippen LogP contribution in [0.1, 0.15) is 0 Å². The van der Waals surface area contributed by atoms with Crippen LogP contribution in [-0.4, -0.2) is 26.7 Å². The van der Waals surface area contributed by atoms with Gasteiger partial charge in [0.25, 0.3) is 5.91 Å². The molecule has 33 heavy (non-hydrogen) atoms. The molecule has 168 valence electrons. The number of nitrogens with one attached hydrogen (secondary N) is 1. The van der Waals surface area contributed by atoms with Gasteiger partial charge in [-0.3, -0.25) is 9.59 Å². The van der Waals surface area contributed by atoms with Crippen LogP contribution in [0.3, 0.4) is 0 Å². The number of methoxy groups -OCH3 is 2. The number of rotatable bonds is 7. The van der Waals surface area contributed by atoms with Crippen LogP contribution >= 0.6 is 11.6 Å². The summed E-state index contributed by atoms with van der Waals surface area (Å²) in [5.74, 6) is 0.580. The molecule has 7 nitrogen and oxygen atoms in total. The molecule has 0 fully saturated rings. The second-order valence-corrected chi connectivity index (χ2v) is 7.44. The van der Waals surface area contributed by atoms with Crippen molar-refractivity contribution in [2.45, 2.75) is 0 Å². The van der Waals surface area contributed by atoms with Gasteiger partial charge in [0.1, 0.15) is 5.58 Å². The molecule has 1 N–H and O–H groups in total. The third kappa shape index (κ3) is 4.78. The molecule has 0 spiro atoms. The highest BCUT2D eigenvalue weighted by molar-refractivity contribution is 6.31. The summed E-state index contributed by atoms with van der Waals surface area (Å²) in [4.78, 5) is 25.7. The predicted molar refractivity (Wildman–Crippen MR) is 127 cm³/mol. The highest BCUT2D eigenvalue weighted by Gasteiger charge is 2.20. The zero-order chi connectivity index (χ0) is 23.4. The summed E-state index contributed by atoms with van der Waals surface area (Å²) in [6.07, 6.45) is 0. The summed E-state index contributed by atoms with van der Waals surface area (Å²) in [7, 11) is 3.03. The maximum atomic E-state index is 13.3. The van der Waals surface area contributed by atoms with Crippen LogP contribution in [0.15, 0.2) is 75.9 Å². The fraction of sp³-hybridized carbons (Fsp3) is 0.120. The van der Waals surface area contributed by atoms with Crippen LogP contribution in [0.5, 0.6) is 17.2 Å². The van der Waals surface area contributed by atoms with Crippen molar-refractivity contribution in [3.8, 4) is 28.6 Å². The fourth-order valence-corrected chi connectivity index (χ4v) is 3.48. The van der Waals surface area contributed by atoms with Gasteiger partial charge in [-0.05, 0) is 48.5 Å². The normalized spacial score (nSPS) is 10.6. The van der Waals surface area contributed by atoms with Crippen LogP contribution in [-0.2, 0) is 4.79 Å². The summed E-state index contributed by atoms with van der Waals surface area (Å²) in [6, 6.07) is 18.7. The summed E-state index contributed by atoms with van der Waals surface area (Å²) in [5.41, 5.74) is 1.01. The van der Waals surface area contributed by atoms with Gasteiger partial charge in [0, 0.05) is 16.3 Å². The van der Waals surface area contributed by atoms with Crippen LogP contribution < -0.4 is 25.0 Å². The smallest absolute Gasteiger partial charge is 0.262 e. The van der Waals surface area contributed by atoms with Gasteiger partial charge in [-0.25, -0.2) is 0 Å². The summed E-state index contributed by atoms with van der Waals surface area (Å²) >= 11 is 6.07. The third-order valence-electron chi connectivity index (χ3n) is 4.86. The molecule has 0 aliphatic carbocycles. The highest BCUT2D eigenvalue weighted by Crippen LogP contribution is 2.37. The molecule has 1 heterocycles. The second-order valence-electron chi connectivity index (χ2n) is 7.00. The molecule has 0 radical (unpaired) electrons. The average Bonchev–Trinajstić information content (AvgIpc) is 2.83. The number of para-hydroxylation sites is 1. The number of carbonyl (C=O) groups is 1. The molecule has 0 aliphatic rings. The first kappa shape index (κ1) is 22.2. The predicted octanol–water partition coefficient (Wildman–Crippen LogP) is 5.15. The lowest BCUT2D eigenvalue weighted by Crippen LogP contribution is -2.22. The van der Waals surface area contributed by atoms with E-state index in [1.807, 2.05) is 6.07 Å². The minimum atomic E-state index is -0.448. The van der Waals surface area contributed by atoms with Gasteiger partial charge in [-0.1, -0.05) is 29.8 Å². The van der Waals surface area contributed by atoms with Gasteiger partial charge in [0.2, 0.25) is 11.2 Å². The molecule has 0 unspecified atom stereocenters. The Hall–Kier alpha value is -3.97. The first-order valence-corrected chi connectivity index (χ1v) is 10.3. The zero-order valence-electron chi connectivity index (χ0n) is 17.9. The van der Waals surface area contributed by atoms with Crippen molar-refractivity contribution in [2.24, 2.45) is 0 Å². The van der Waals surface area contributed by atoms with E-state index < -0.39 is 17.9 Å². The number of hydrogen-bond donors (Lipinski definition) is 1. The van der Waals surface area contributed by atoms with Crippen molar-refractivity contribution in [2.75, 3.05) is 26.1 Å². The number of ether oxygens (including phenoxy) is 3. The Morgan fingerprint density at radius 2 is 1.73 bits per heavy atom. The maximum Gasteiger partial charge on any atom is 0.262 e. The largest absolute Gasteiger partial charge is 0.493 e. The first-order chi connectivity index (χ1) is 16.0. The van der Waals surface area contributed by atoms with E-state index >= 15 is 0 Å². The van der Waals surface area contributed by atoms with Crippen molar-refractivity contribution in [1.82, 2.24) is 0 Å². The second kappa shape index (κ2) is 9.67. The summed E-state index contributed by atoms with van der Waals surface area (Å²) in [6.45, 7) is -0.397. The number of fused-ring (bicyclic) bond motifs is 1. The Labute approximate surface area is 194 Å². The molecule has 0 bridgehead atoms. The van der Waals surface area contributed by atoms with Gasteiger partial charge in [-0.15, -0.1) is 0 Å². The molecule has 4 aromatic rings. The molecule has 1 amide bonds. The van der Waals surface area contributed by atoms with Gasteiger partial charge in [0.15, 0.2) is 23.9 Å². The first-order valence-electron chi connectivity index (χ1n) is 9.96. The van der Waals surface area contributed by atoms with Gasteiger partial charge in [-0.2, -0.15) is 0 Å². The van der Waals surface area contributed by atoms with Gasteiger partial charge < -0.3 is 23.9 Å². The van der Waals surface area contributed by atoms with Crippen molar-refractivity contribution in [3.63, 3.8) is 0 Å². The van der Waals surface area contributed by atoms with Crippen molar-refractivity contribution >= 4 is 34.2 Å². The van der Waals surface area contributed by atoms with E-state index in [1.54, 1.807) is 54.6 Å². The average molecular weight is 466 g/mol. The number of hydrogen-bond acceptors (Lipinski definition) is 6. The minimum absolute atomic E-state index is 0.111. The zero-order valence-corrected chi connectivity index (χ0v) is 18.6. The molecule has 8 heteroatoms. The Morgan fingerprint density at radius 1 is 0.970 bits per heavy atom. The van der Waals surface area contributed by atoms with Gasteiger partial charge in [0.05, 0.1) is 19.6 Å². The van der Waals surface area contributed by atoms with E-state index in [4.69, 9.17) is 30.2 Å². The summed E-state index contributed by atoms with van der Waals surface area (Å²) in [5, 5.41) is 3.33. The molecule has 3 aromatic carbocycles. The van der Waals surface area contributed by atoms with E-state index in [-0.39, 0.29) is 16.9 Å². The van der Waals surface area contributed by atoms with E-state index in [2.05, 4.69) is 5.32 Å². The van der Waals surface area contributed by atoms with E-state index in [0.29, 0.717) is 33.4 Å². The van der Waals surface area contributed by atoms with Crippen LogP contribution in [0.4, 0.5) is 5.69 Å². The number of carbonyl (C=O) groups excluding carboxylic acids is 1. The highest BCUT2D eigenvalue weighted by atomic mass is 35.5. The minimum Gasteiger partial charge on any atom is -0.493 e. The van der Waals surface area contributed by atoms with Crippen molar-refractivity contribution in [3.05, 3.63) is 82.0 Å². The third-order valence-corrected chi connectivity index (χ3v) is 5.10. The molecule has 0 saturated carbocycles. The van der Waals surface area contributed by atoms with E-state index in [0.717, 1.165) is 0 Å². The van der Waals surface area contributed by atoms with E-state index in [9.17, 15) is 9.59 Å².